The zero-order valence-electron chi connectivity index (χ0n) is 13.9. The van der Waals surface area contributed by atoms with Crippen molar-refractivity contribution < 1.29 is 23.1 Å². The number of aromatic nitrogens is 1. The van der Waals surface area contributed by atoms with Crippen molar-refractivity contribution >= 4 is 44.3 Å². The highest BCUT2D eigenvalue weighted by Crippen LogP contribution is 2.32. The van der Waals surface area contributed by atoms with Crippen molar-refractivity contribution in [2.75, 3.05) is 0 Å². The van der Waals surface area contributed by atoms with Gasteiger partial charge in [0.25, 0.3) is 10.0 Å². The summed E-state index contributed by atoms with van der Waals surface area (Å²) in [6.45, 7) is 2.99. The van der Waals surface area contributed by atoms with E-state index in [9.17, 15) is 23.1 Å². The van der Waals surface area contributed by atoms with Crippen LogP contribution in [0, 0.1) is 6.92 Å². The van der Waals surface area contributed by atoms with Crippen molar-refractivity contribution in [1.29, 1.82) is 0 Å². The Morgan fingerprint density at radius 3 is 2.23 bits per heavy atom. The highest BCUT2D eigenvalue weighted by molar-refractivity contribution is 7.90. The third-order valence-corrected chi connectivity index (χ3v) is 5.96. The minimum Gasteiger partial charge on any atom is -0.477 e. The second kappa shape index (κ2) is 6.26. The largest absolute Gasteiger partial charge is 0.477 e. The van der Waals surface area contributed by atoms with Crippen molar-refractivity contribution in [3.8, 4) is 0 Å². The van der Waals surface area contributed by atoms with Gasteiger partial charge in [0.15, 0.2) is 11.5 Å². The monoisotopic (exact) mass is 391 g/mol. The van der Waals surface area contributed by atoms with Crippen LogP contribution in [0.15, 0.2) is 47.4 Å². The fourth-order valence-electron chi connectivity index (χ4n) is 2.85. The van der Waals surface area contributed by atoms with Crippen LogP contribution in [0.2, 0.25) is 5.02 Å². The number of aryl methyl sites for hydroxylation is 1. The Balaban J connectivity index is 2.49. The number of halogens is 1. The number of fused-ring (bicyclic) bond motifs is 1. The summed E-state index contributed by atoms with van der Waals surface area (Å²) in [5, 5.41) is 10.1. The molecule has 0 unspecified atom stereocenters. The number of rotatable bonds is 4. The highest BCUT2D eigenvalue weighted by Gasteiger charge is 2.32. The molecule has 0 amide bonds. The first-order chi connectivity index (χ1) is 12.1. The van der Waals surface area contributed by atoms with Crippen molar-refractivity contribution in [2.45, 2.75) is 18.7 Å². The molecule has 0 aliphatic carbocycles. The number of ketones is 1. The van der Waals surface area contributed by atoms with E-state index in [0.717, 1.165) is 5.56 Å². The molecule has 0 radical (unpaired) electrons. The smallest absolute Gasteiger partial charge is 0.354 e. The summed E-state index contributed by atoms with van der Waals surface area (Å²) in [5.74, 6) is -2.08. The predicted octanol–water partition coefficient (Wildman–Crippen LogP) is 3.74. The molecule has 0 aliphatic heterocycles. The van der Waals surface area contributed by atoms with Crippen molar-refractivity contribution in [3.63, 3.8) is 0 Å². The number of Topliss-reactive ketones (excluding diaryl/α,β-unsaturated/α-hetero) is 1. The first-order valence-electron chi connectivity index (χ1n) is 7.55. The van der Waals surface area contributed by atoms with Crippen LogP contribution in [0.1, 0.15) is 33.3 Å². The maximum Gasteiger partial charge on any atom is 0.354 e. The summed E-state index contributed by atoms with van der Waals surface area (Å²) >= 11 is 5.97. The van der Waals surface area contributed by atoms with Crippen LogP contribution in [0.3, 0.4) is 0 Å². The van der Waals surface area contributed by atoms with Crippen molar-refractivity contribution in [3.05, 3.63) is 64.3 Å². The van der Waals surface area contributed by atoms with Gasteiger partial charge in [-0.25, -0.2) is 17.2 Å². The zero-order chi connectivity index (χ0) is 19.2. The average Bonchev–Trinajstić information content (AvgIpc) is 2.90. The number of carbonyl (C=O) groups is 2. The Morgan fingerprint density at radius 1 is 1.08 bits per heavy atom. The van der Waals surface area contributed by atoms with Crippen molar-refractivity contribution in [2.24, 2.45) is 0 Å². The van der Waals surface area contributed by atoms with E-state index in [2.05, 4.69) is 0 Å². The van der Waals surface area contributed by atoms with E-state index >= 15 is 0 Å². The van der Waals surface area contributed by atoms with E-state index in [4.69, 9.17) is 11.6 Å². The first-order valence-corrected chi connectivity index (χ1v) is 9.37. The topological polar surface area (TPSA) is 93.4 Å². The maximum atomic E-state index is 13.2. The summed E-state index contributed by atoms with van der Waals surface area (Å²) in [5.41, 5.74) is 0.148. The van der Waals surface area contributed by atoms with E-state index in [1.165, 1.54) is 37.3 Å². The second-order valence-corrected chi connectivity index (χ2v) is 8.05. The molecule has 6 nitrogen and oxygen atoms in total. The second-order valence-electron chi connectivity index (χ2n) is 5.83. The minimum absolute atomic E-state index is 0.0763. The molecule has 0 fully saturated rings. The molecule has 3 rings (SSSR count). The lowest BCUT2D eigenvalue weighted by molar-refractivity contribution is 0.0685. The van der Waals surface area contributed by atoms with Crippen molar-refractivity contribution in [1.82, 2.24) is 3.97 Å². The number of hydrogen-bond acceptors (Lipinski definition) is 4. The molecular weight excluding hydrogens is 378 g/mol. The van der Waals surface area contributed by atoms with Crippen LogP contribution in [0.4, 0.5) is 0 Å². The van der Waals surface area contributed by atoms with Gasteiger partial charge in [0, 0.05) is 10.4 Å². The van der Waals surface area contributed by atoms with Gasteiger partial charge in [0.1, 0.15) is 0 Å². The molecule has 1 aromatic heterocycles. The molecule has 0 spiro atoms. The van der Waals surface area contributed by atoms with Crippen LogP contribution in [0.5, 0.6) is 0 Å². The number of carboxylic acid groups (broad SMARTS) is 1. The molecule has 0 bridgehead atoms. The predicted molar refractivity (Wildman–Crippen MR) is 97.7 cm³/mol. The van der Waals surface area contributed by atoms with Gasteiger partial charge in [-0.05, 0) is 44.2 Å². The SMILES string of the molecule is CC(=O)c1c(C(=O)O)n(S(=O)(=O)c2ccc(C)cc2)c2ccc(Cl)cc12. The number of hydrogen-bond donors (Lipinski definition) is 1. The molecule has 3 aromatic rings. The number of nitrogens with zero attached hydrogens (tertiary/aromatic N) is 1. The Kier molecular flexibility index (Phi) is 4.37. The van der Waals surface area contributed by atoms with E-state index < -0.39 is 27.5 Å². The number of aromatic carboxylic acids is 1. The number of carbonyl (C=O) groups excluding carboxylic acids is 1. The van der Waals surface area contributed by atoms with Gasteiger partial charge >= 0.3 is 5.97 Å². The molecule has 1 N–H and O–H groups in total. The van der Waals surface area contributed by atoms with Crippen LogP contribution >= 0.6 is 11.6 Å². The standard InChI is InChI=1S/C18H14ClNO5S/c1-10-3-6-13(7-4-10)26(24,25)20-15-8-5-12(19)9-14(15)16(11(2)21)17(20)18(22)23/h3-9H,1-2H3,(H,22,23). The molecule has 0 aliphatic rings. The van der Waals surface area contributed by atoms with Gasteiger partial charge in [-0.3, -0.25) is 4.79 Å². The molecule has 8 heteroatoms. The molecule has 0 saturated carbocycles. The molecule has 134 valence electrons. The molecule has 1 heterocycles. The van der Waals surface area contributed by atoms with Gasteiger partial charge in [0.05, 0.1) is 16.0 Å². The fraction of sp³-hybridized carbons (Fsp3) is 0.111. The Hall–Kier alpha value is -2.64. The van der Waals surface area contributed by atoms with Gasteiger partial charge in [0.2, 0.25) is 0 Å². The lowest BCUT2D eigenvalue weighted by atomic mass is 10.1. The Labute approximate surface area is 154 Å². The summed E-state index contributed by atoms with van der Waals surface area (Å²) < 4.78 is 27.0. The summed E-state index contributed by atoms with van der Waals surface area (Å²) in [6, 6.07) is 10.2. The minimum atomic E-state index is -4.24. The van der Waals surface area contributed by atoms with Crippen LogP contribution < -0.4 is 0 Å². The normalized spacial score (nSPS) is 11.7. The fourth-order valence-corrected chi connectivity index (χ4v) is 4.54. The van der Waals surface area contributed by atoms with Gasteiger partial charge in [-0.1, -0.05) is 29.3 Å². The molecule has 0 atom stereocenters. The summed E-state index contributed by atoms with van der Waals surface area (Å²) in [4.78, 5) is 23.9. The van der Waals surface area contributed by atoms with E-state index in [1.54, 1.807) is 19.1 Å². The maximum absolute atomic E-state index is 13.2. The van der Waals surface area contributed by atoms with Crippen LogP contribution in [-0.4, -0.2) is 29.2 Å². The van der Waals surface area contributed by atoms with Crippen LogP contribution in [-0.2, 0) is 10.0 Å². The number of benzene rings is 2. The van der Waals surface area contributed by atoms with E-state index in [0.29, 0.717) is 3.97 Å². The van der Waals surface area contributed by atoms with Gasteiger partial charge in [-0.2, -0.15) is 0 Å². The third-order valence-electron chi connectivity index (χ3n) is 4.00. The third kappa shape index (κ3) is 2.79. The quantitative estimate of drug-likeness (QED) is 0.684. The molecular formula is C18H14ClNO5S. The Bertz CT molecular complexity index is 1160. The lowest BCUT2D eigenvalue weighted by Gasteiger charge is -2.10. The molecule has 26 heavy (non-hydrogen) atoms. The van der Waals surface area contributed by atoms with Gasteiger partial charge < -0.3 is 5.11 Å². The molecule has 0 saturated heterocycles. The average molecular weight is 392 g/mol. The summed E-state index contributed by atoms with van der Waals surface area (Å²) in [7, 11) is -4.24. The van der Waals surface area contributed by atoms with Crippen LogP contribution in [0.25, 0.3) is 10.9 Å². The van der Waals surface area contributed by atoms with E-state index in [1.807, 2.05) is 0 Å². The molecule has 2 aromatic carbocycles. The first kappa shape index (κ1) is 18.2. The highest BCUT2D eigenvalue weighted by atomic mass is 35.5. The lowest BCUT2D eigenvalue weighted by Crippen LogP contribution is -2.20. The van der Waals surface area contributed by atoms with Gasteiger partial charge in [-0.15, -0.1) is 0 Å². The summed E-state index contributed by atoms with van der Waals surface area (Å²) in [6.07, 6.45) is 0. The Morgan fingerprint density at radius 2 is 1.69 bits per heavy atom. The zero-order valence-corrected chi connectivity index (χ0v) is 15.4. The number of carboxylic acids is 1. The van der Waals surface area contributed by atoms with E-state index in [-0.39, 0.29) is 26.4 Å².